The topological polar surface area (TPSA) is 75.2 Å². The van der Waals surface area contributed by atoms with Crippen LogP contribution in [0.15, 0.2) is 66.7 Å². The Morgan fingerprint density at radius 2 is 1.74 bits per heavy atom. The van der Waals surface area contributed by atoms with Crippen molar-refractivity contribution in [3.63, 3.8) is 0 Å². The minimum absolute atomic E-state index is 0.0516. The van der Waals surface area contributed by atoms with Crippen LogP contribution in [-0.4, -0.2) is 29.5 Å². The van der Waals surface area contributed by atoms with E-state index in [1.54, 1.807) is 7.05 Å². The van der Waals surface area contributed by atoms with Gasteiger partial charge in [0.2, 0.25) is 5.91 Å². The second kappa shape index (κ2) is 11.0. The molecular formula is C33H38N4O2. The third kappa shape index (κ3) is 5.70. The van der Waals surface area contributed by atoms with Crippen molar-refractivity contribution < 1.29 is 9.59 Å². The lowest BCUT2D eigenvalue weighted by Crippen LogP contribution is -2.35. The van der Waals surface area contributed by atoms with E-state index in [0.717, 1.165) is 27.7 Å². The van der Waals surface area contributed by atoms with Gasteiger partial charge in [0, 0.05) is 41.4 Å². The molecular weight excluding hydrogens is 484 g/mol. The summed E-state index contributed by atoms with van der Waals surface area (Å²) >= 11 is 0. The summed E-state index contributed by atoms with van der Waals surface area (Å²) in [5.41, 5.74) is 8.68. The summed E-state index contributed by atoms with van der Waals surface area (Å²) in [5.74, 6) is 0.578. The van der Waals surface area contributed by atoms with E-state index in [0.29, 0.717) is 18.0 Å². The Labute approximate surface area is 230 Å². The van der Waals surface area contributed by atoms with Gasteiger partial charge in [-0.25, -0.2) is 0 Å². The highest BCUT2D eigenvalue weighted by atomic mass is 16.2. The molecule has 1 aliphatic rings. The lowest BCUT2D eigenvalue weighted by molar-refractivity contribution is -0.121. The second-order valence-corrected chi connectivity index (χ2v) is 10.8. The number of nitrogens with one attached hydrogen (secondary N) is 3. The van der Waals surface area contributed by atoms with Crippen LogP contribution in [0.3, 0.4) is 0 Å². The Morgan fingerprint density at radius 3 is 2.49 bits per heavy atom. The molecule has 1 aliphatic carbocycles. The van der Waals surface area contributed by atoms with Crippen LogP contribution >= 0.6 is 0 Å². The van der Waals surface area contributed by atoms with Crippen molar-refractivity contribution in [2.75, 3.05) is 12.4 Å². The molecule has 1 saturated carbocycles. The minimum atomic E-state index is -0.323. The van der Waals surface area contributed by atoms with Gasteiger partial charge in [0.05, 0.1) is 6.04 Å². The number of hydrogen-bond donors (Lipinski definition) is 3. The zero-order chi connectivity index (χ0) is 27.7. The average molecular weight is 523 g/mol. The molecule has 1 heterocycles. The second-order valence-electron chi connectivity index (χ2n) is 10.8. The lowest BCUT2D eigenvalue weighted by Gasteiger charge is -2.16. The van der Waals surface area contributed by atoms with E-state index in [1.807, 2.05) is 38.1 Å². The molecule has 1 aromatic heterocycles. The molecule has 39 heavy (non-hydrogen) atoms. The van der Waals surface area contributed by atoms with Gasteiger partial charge < -0.3 is 20.5 Å². The number of benzene rings is 3. The molecule has 0 spiro atoms. The third-order valence-corrected chi connectivity index (χ3v) is 8.00. The Morgan fingerprint density at radius 1 is 0.974 bits per heavy atom. The van der Waals surface area contributed by atoms with E-state index >= 15 is 0 Å². The smallest absolute Gasteiger partial charge is 0.251 e. The standard InChI is InChI=1S/C33H38N4O2/c1-20-23(4)37(19-24-8-6-11-29(16-24)35-22(3)32(38)34-5)31-15-14-28(18-30(20)31)33(39)36-21(2)26-9-7-10-27(17-26)25-12-13-25/h6-11,14-18,21-22,25,35H,12-13,19H2,1-5H3,(H,34,38)(H,36,39). The van der Waals surface area contributed by atoms with E-state index in [-0.39, 0.29) is 23.9 Å². The Hall–Kier alpha value is -4.06. The first-order valence-electron chi connectivity index (χ1n) is 13.8. The molecule has 0 saturated heterocycles. The molecule has 0 bridgehead atoms. The highest BCUT2D eigenvalue weighted by molar-refractivity contribution is 5.99. The van der Waals surface area contributed by atoms with E-state index < -0.39 is 0 Å². The number of rotatable bonds is 9. The quantitative estimate of drug-likeness (QED) is 0.244. The number of nitrogens with zero attached hydrogens (tertiary/aromatic N) is 1. The summed E-state index contributed by atoms with van der Waals surface area (Å²) in [6.45, 7) is 8.83. The van der Waals surface area contributed by atoms with E-state index in [9.17, 15) is 9.59 Å². The van der Waals surface area contributed by atoms with Crippen LogP contribution in [0.25, 0.3) is 10.9 Å². The maximum Gasteiger partial charge on any atom is 0.251 e. The van der Waals surface area contributed by atoms with Crippen molar-refractivity contribution in [3.8, 4) is 0 Å². The zero-order valence-corrected chi connectivity index (χ0v) is 23.5. The van der Waals surface area contributed by atoms with Gasteiger partial charge in [-0.2, -0.15) is 0 Å². The van der Waals surface area contributed by atoms with Crippen LogP contribution in [0, 0.1) is 13.8 Å². The summed E-state index contributed by atoms with van der Waals surface area (Å²) in [6, 6.07) is 22.4. The van der Waals surface area contributed by atoms with Gasteiger partial charge in [-0.15, -0.1) is 0 Å². The number of fused-ring (bicyclic) bond motifs is 1. The van der Waals surface area contributed by atoms with Gasteiger partial charge in [-0.1, -0.05) is 36.4 Å². The number of carbonyl (C=O) groups excluding carboxylic acids is 2. The van der Waals surface area contributed by atoms with Crippen LogP contribution in [0.1, 0.15) is 77.0 Å². The monoisotopic (exact) mass is 522 g/mol. The predicted octanol–water partition coefficient (Wildman–Crippen LogP) is 6.22. The largest absolute Gasteiger partial charge is 0.374 e. The SMILES string of the molecule is CNC(=O)C(C)Nc1cccc(Cn2c(C)c(C)c3cc(C(=O)NC(C)c4cccc(C5CC5)c4)ccc32)c1. The first-order chi connectivity index (χ1) is 18.7. The highest BCUT2D eigenvalue weighted by Gasteiger charge is 2.24. The van der Waals surface area contributed by atoms with Crippen LogP contribution in [0.4, 0.5) is 5.69 Å². The fourth-order valence-electron chi connectivity index (χ4n) is 5.33. The molecule has 4 aromatic rings. The molecule has 202 valence electrons. The number of amides is 2. The zero-order valence-electron chi connectivity index (χ0n) is 23.5. The van der Waals surface area contributed by atoms with Crippen molar-refractivity contribution in [2.24, 2.45) is 0 Å². The summed E-state index contributed by atoms with van der Waals surface area (Å²) < 4.78 is 2.29. The summed E-state index contributed by atoms with van der Waals surface area (Å²) in [7, 11) is 1.64. The maximum atomic E-state index is 13.2. The van der Waals surface area contributed by atoms with Gasteiger partial charge >= 0.3 is 0 Å². The Bertz CT molecular complexity index is 1530. The number of aromatic nitrogens is 1. The fourth-order valence-corrected chi connectivity index (χ4v) is 5.33. The third-order valence-electron chi connectivity index (χ3n) is 8.00. The number of likely N-dealkylation sites (N-methyl/N-ethyl adjacent to an activating group) is 1. The van der Waals surface area contributed by atoms with Crippen LogP contribution < -0.4 is 16.0 Å². The average Bonchev–Trinajstić information content (AvgIpc) is 3.77. The van der Waals surface area contributed by atoms with Crippen molar-refractivity contribution >= 4 is 28.4 Å². The summed E-state index contributed by atoms with van der Waals surface area (Å²) in [5, 5.41) is 10.2. The number of anilines is 1. The van der Waals surface area contributed by atoms with Gasteiger partial charge in [0.25, 0.3) is 5.91 Å². The Balaban J connectivity index is 1.34. The van der Waals surface area contributed by atoms with Crippen LogP contribution in [-0.2, 0) is 11.3 Å². The van der Waals surface area contributed by atoms with E-state index in [2.05, 4.69) is 76.8 Å². The van der Waals surface area contributed by atoms with Gasteiger partial charge in [0.1, 0.15) is 6.04 Å². The van der Waals surface area contributed by atoms with Gasteiger partial charge in [0.15, 0.2) is 0 Å². The summed E-state index contributed by atoms with van der Waals surface area (Å²) in [4.78, 5) is 25.2. The molecule has 0 aliphatic heterocycles. The fraction of sp³-hybridized carbons (Fsp3) is 0.333. The van der Waals surface area contributed by atoms with Crippen molar-refractivity contribution in [1.82, 2.24) is 15.2 Å². The molecule has 1 fully saturated rings. The van der Waals surface area contributed by atoms with Crippen molar-refractivity contribution in [3.05, 3.63) is 100 Å². The Kier molecular flexibility index (Phi) is 7.47. The molecule has 3 N–H and O–H groups in total. The molecule has 2 amide bonds. The molecule has 2 unspecified atom stereocenters. The lowest BCUT2D eigenvalue weighted by atomic mass is 10.0. The number of carbonyl (C=O) groups is 2. The maximum absolute atomic E-state index is 13.2. The van der Waals surface area contributed by atoms with Crippen LogP contribution in [0.2, 0.25) is 0 Å². The highest BCUT2D eigenvalue weighted by Crippen LogP contribution is 2.40. The van der Waals surface area contributed by atoms with Crippen LogP contribution in [0.5, 0.6) is 0 Å². The number of aryl methyl sites for hydroxylation is 1. The van der Waals surface area contributed by atoms with Gasteiger partial charge in [-0.05, 0) is 99.0 Å². The van der Waals surface area contributed by atoms with Crippen molar-refractivity contribution in [2.45, 2.75) is 65.1 Å². The predicted molar refractivity (Wildman–Crippen MR) is 158 cm³/mol. The van der Waals surface area contributed by atoms with E-state index in [4.69, 9.17) is 0 Å². The minimum Gasteiger partial charge on any atom is -0.374 e. The molecule has 6 nitrogen and oxygen atoms in total. The first kappa shape index (κ1) is 26.5. The summed E-state index contributed by atoms with van der Waals surface area (Å²) in [6.07, 6.45) is 2.53. The molecule has 2 atom stereocenters. The number of hydrogen-bond acceptors (Lipinski definition) is 3. The normalized spacial score (nSPS) is 14.6. The molecule has 3 aromatic carbocycles. The molecule has 6 heteroatoms. The molecule has 5 rings (SSSR count). The van der Waals surface area contributed by atoms with Gasteiger partial charge in [-0.3, -0.25) is 9.59 Å². The van der Waals surface area contributed by atoms with E-state index in [1.165, 1.54) is 29.7 Å². The van der Waals surface area contributed by atoms with Crippen molar-refractivity contribution in [1.29, 1.82) is 0 Å². The first-order valence-corrected chi connectivity index (χ1v) is 13.8. The molecule has 0 radical (unpaired) electrons.